The zero-order chi connectivity index (χ0) is 24.3. The van der Waals surface area contributed by atoms with Gasteiger partial charge in [0, 0.05) is 5.39 Å². The van der Waals surface area contributed by atoms with Crippen LogP contribution in [0.1, 0.15) is 30.9 Å². The number of halogens is 2. The third-order valence-electron chi connectivity index (χ3n) is 5.68. The number of aromatic nitrogens is 7. The molecule has 5 heterocycles. The van der Waals surface area contributed by atoms with Crippen molar-refractivity contribution < 1.29 is 13.7 Å². The molecule has 0 aliphatic heterocycles. The highest BCUT2D eigenvalue weighted by molar-refractivity contribution is 7.26. The summed E-state index contributed by atoms with van der Waals surface area (Å²) in [5.74, 6) is 0.374. The number of nitro groups is 1. The summed E-state index contributed by atoms with van der Waals surface area (Å²) in [5.41, 5.74) is 2.02. The second-order valence-corrected chi connectivity index (χ2v) is 8.81. The Bertz CT molecular complexity index is 1740. The summed E-state index contributed by atoms with van der Waals surface area (Å²) in [6.45, 7) is 1.77. The van der Waals surface area contributed by atoms with Crippen molar-refractivity contribution in [2.45, 2.75) is 19.4 Å². The van der Waals surface area contributed by atoms with Crippen LogP contribution in [-0.4, -0.2) is 39.3 Å². The van der Waals surface area contributed by atoms with Crippen LogP contribution in [0.3, 0.4) is 0 Å². The average molecular weight is 492 g/mol. The molecule has 1 atom stereocenters. The molecule has 0 N–H and O–H groups in total. The Balaban J connectivity index is 1.56. The number of thiophene rings is 1. The van der Waals surface area contributed by atoms with Gasteiger partial charge in [-0.2, -0.15) is 5.10 Å². The predicted octanol–water partition coefficient (Wildman–Crippen LogP) is 5.21. The van der Waals surface area contributed by atoms with Crippen molar-refractivity contribution in [2.24, 2.45) is 0 Å². The number of benzene rings is 1. The van der Waals surface area contributed by atoms with E-state index in [2.05, 4.69) is 25.1 Å². The summed E-state index contributed by atoms with van der Waals surface area (Å²) in [4.78, 5) is 24.3. The van der Waals surface area contributed by atoms with Crippen molar-refractivity contribution in [1.82, 2.24) is 34.3 Å². The number of hydrogen-bond acceptors (Lipinski definition) is 8. The maximum Gasteiger partial charge on any atom is 0.307 e. The first-order valence-corrected chi connectivity index (χ1v) is 11.2. The van der Waals surface area contributed by atoms with Gasteiger partial charge in [-0.3, -0.25) is 14.8 Å². The molecule has 0 spiro atoms. The van der Waals surface area contributed by atoms with Gasteiger partial charge < -0.3 is 0 Å². The van der Waals surface area contributed by atoms with E-state index in [1.165, 1.54) is 39.1 Å². The van der Waals surface area contributed by atoms with E-state index >= 15 is 0 Å². The van der Waals surface area contributed by atoms with Gasteiger partial charge in [-0.05, 0) is 24.1 Å². The van der Waals surface area contributed by atoms with Gasteiger partial charge in [-0.1, -0.05) is 30.3 Å². The minimum atomic E-state index is -2.72. The number of rotatable bonds is 5. The fourth-order valence-corrected chi connectivity index (χ4v) is 5.09. The van der Waals surface area contributed by atoms with E-state index in [0.717, 1.165) is 11.8 Å². The molecule has 1 unspecified atom stereocenters. The van der Waals surface area contributed by atoms with Crippen molar-refractivity contribution in [2.75, 3.05) is 0 Å². The standard InChI is InChI=1S/C22H14F2N8O2S/c1-11(30-9-13(8-26-30)32(33)34)20-28-21-18-17(25-10-31(21)29-20)16-14(12-5-3-2-4-6-12)7-15(19(23)24)27-22(16)35-18/h2-11,19H,1H3. The third kappa shape index (κ3) is 3.39. The van der Waals surface area contributed by atoms with E-state index < -0.39 is 17.4 Å². The molecule has 0 saturated heterocycles. The Kier molecular flexibility index (Phi) is 4.74. The summed E-state index contributed by atoms with van der Waals surface area (Å²) in [5, 5.41) is 20.2. The van der Waals surface area contributed by atoms with E-state index in [0.29, 0.717) is 37.5 Å². The molecule has 10 nitrogen and oxygen atoms in total. The van der Waals surface area contributed by atoms with Crippen LogP contribution < -0.4 is 0 Å². The number of alkyl halides is 2. The topological polar surface area (TPSA) is 117 Å². The second kappa shape index (κ2) is 7.84. The molecule has 35 heavy (non-hydrogen) atoms. The van der Waals surface area contributed by atoms with Gasteiger partial charge in [0.1, 0.15) is 40.0 Å². The SMILES string of the molecule is CC(c1nc2c3sc4nc(C(F)F)cc(-c5ccccc5)c4c3ncn2n1)n1cc([N+](=O)[O-])cn1. The average Bonchev–Trinajstić information content (AvgIpc) is 3.59. The summed E-state index contributed by atoms with van der Waals surface area (Å²) < 4.78 is 30.9. The molecule has 0 saturated carbocycles. The van der Waals surface area contributed by atoms with E-state index in [1.54, 1.807) is 6.92 Å². The Labute approximate surface area is 198 Å². The lowest BCUT2D eigenvalue weighted by atomic mass is 10.0. The van der Waals surface area contributed by atoms with E-state index in [1.807, 2.05) is 30.3 Å². The lowest BCUT2D eigenvalue weighted by Gasteiger charge is -2.07. The highest BCUT2D eigenvalue weighted by Gasteiger charge is 2.23. The van der Waals surface area contributed by atoms with E-state index in [-0.39, 0.29) is 11.4 Å². The zero-order valence-electron chi connectivity index (χ0n) is 17.9. The van der Waals surface area contributed by atoms with Crippen molar-refractivity contribution in [1.29, 1.82) is 0 Å². The predicted molar refractivity (Wildman–Crippen MR) is 125 cm³/mol. The highest BCUT2D eigenvalue weighted by atomic mass is 32.1. The molecule has 0 amide bonds. The highest BCUT2D eigenvalue weighted by Crippen LogP contribution is 2.41. The van der Waals surface area contributed by atoms with Crippen LogP contribution in [0, 0.1) is 10.1 Å². The molecule has 174 valence electrons. The first-order valence-electron chi connectivity index (χ1n) is 10.4. The molecular formula is C22H14F2N8O2S. The molecule has 1 aromatic carbocycles. The minimum Gasteiger partial charge on any atom is -0.258 e. The molecule has 0 fully saturated rings. The molecule has 0 bridgehead atoms. The summed E-state index contributed by atoms with van der Waals surface area (Å²) >= 11 is 1.22. The van der Waals surface area contributed by atoms with Gasteiger partial charge in [0.2, 0.25) is 0 Å². The Morgan fingerprint density at radius 2 is 1.97 bits per heavy atom. The molecule has 13 heteroatoms. The van der Waals surface area contributed by atoms with Gasteiger partial charge >= 0.3 is 5.69 Å². The number of pyridine rings is 1. The first-order chi connectivity index (χ1) is 16.9. The van der Waals surface area contributed by atoms with Gasteiger partial charge in [-0.15, -0.1) is 16.4 Å². The molecule has 0 radical (unpaired) electrons. The first kappa shape index (κ1) is 21.2. The molecule has 0 aliphatic rings. The lowest BCUT2D eigenvalue weighted by Crippen LogP contribution is -2.09. The van der Waals surface area contributed by atoms with Crippen molar-refractivity contribution in [3.8, 4) is 11.1 Å². The van der Waals surface area contributed by atoms with Crippen LogP contribution in [0.25, 0.3) is 37.2 Å². The van der Waals surface area contributed by atoms with E-state index in [9.17, 15) is 18.9 Å². The Hall–Kier alpha value is -4.39. The molecule has 0 aliphatic carbocycles. The monoisotopic (exact) mass is 492 g/mol. The summed E-state index contributed by atoms with van der Waals surface area (Å²) in [7, 11) is 0. The largest absolute Gasteiger partial charge is 0.307 e. The zero-order valence-corrected chi connectivity index (χ0v) is 18.7. The van der Waals surface area contributed by atoms with Crippen LogP contribution >= 0.6 is 11.3 Å². The quantitative estimate of drug-likeness (QED) is 0.240. The summed E-state index contributed by atoms with van der Waals surface area (Å²) in [6, 6.07) is 10.2. The van der Waals surface area contributed by atoms with Crippen LogP contribution in [0.2, 0.25) is 0 Å². The van der Waals surface area contributed by atoms with Crippen LogP contribution in [0.4, 0.5) is 14.5 Å². The van der Waals surface area contributed by atoms with Crippen LogP contribution in [-0.2, 0) is 0 Å². The van der Waals surface area contributed by atoms with Crippen molar-refractivity contribution >= 4 is 43.1 Å². The smallest absolute Gasteiger partial charge is 0.258 e. The lowest BCUT2D eigenvalue weighted by molar-refractivity contribution is -0.385. The molecule has 5 aromatic heterocycles. The van der Waals surface area contributed by atoms with Crippen LogP contribution in [0.5, 0.6) is 0 Å². The second-order valence-electron chi connectivity index (χ2n) is 7.82. The van der Waals surface area contributed by atoms with Gasteiger partial charge in [0.05, 0.1) is 10.4 Å². The van der Waals surface area contributed by atoms with Crippen molar-refractivity contribution in [3.05, 3.63) is 76.8 Å². The summed E-state index contributed by atoms with van der Waals surface area (Å²) in [6.07, 6.45) is 1.26. The fraction of sp³-hybridized carbons (Fsp3) is 0.136. The normalized spacial score (nSPS) is 12.8. The Morgan fingerprint density at radius 3 is 2.69 bits per heavy atom. The maximum atomic E-state index is 13.7. The maximum absolute atomic E-state index is 13.7. The molecular weight excluding hydrogens is 478 g/mol. The fourth-order valence-electron chi connectivity index (χ4n) is 3.95. The van der Waals surface area contributed by atoms with Gasteiger partial charge in [0.25, 0.3) is 6.43 Å². The van der Waals surface area contributed by atoms with E-state index in [4.69, 9.17) is 0 Å². The van der Waals surface area contributed by atoms with Crippen LogP contribution in [0.15, 0.2) is 55.1 Å². The van der Waals surface area contributed by atoms with Gasteiger partial charge in [0.15, 0.2) is 11.5 Å². The third-order valence-corrected chi connectivity index (χ3v) is 6.75. The number of nitrogens with zero attached hydrogens (tertiary/aromatic N) is 8. The number of hydrogen-bond donors (Lipinski definition) is 0. The van der Waals surface area contributed by atoms with Gasteiger partial charge in [-0.25, -0.2) is 28.2 Å². The number of fused-ring (bicyclic) bond motifs is 5. The van der Waals surface area contributed by atoms with Crippen molar-refractivity contribution in [3.63, 3.8) is 0 Å². The molecule has 6 rings (SSSR count). The minimum absolute atomic E-state index is 0.136. The Morgan fingerprint density at radius 1 is 1.17 bits per heavy atom. The molecule has 6 aromatic rings.